The second-order valence-corrected chi connectivity index (χ2v) is 5.64. The van der Waals surface area contributed by atoms with Gasteiger partial charge in [-0.25, -0.2) is 4.98 Å². The van der Waals surface area contributed by atoms with E-state index in [0.29, 0.717) is 22.2 Å². The fourth-order valence-corrected chi connectivity index (χ4v) is 3.23. The molecule has 0 fully saturated rings. The molecular formula is C19H10N2O2. The van der Waals surface area contributed by atoms with Crippen LogP contribution in [0.2, 0.25) is 0 Å². The first-order valence-electron chi connectivity index (χ1n) is 7.34. The number of para-hydroxylation sites is 1. The highest BCUT2D eigenvalue weighted by Crippen LogP contribution is 2.27. The van der Waals surface area contributed by atoms with Gasteiger partial charge in [-0.15, -0.1) is 0 Å². The van der Waals surface area contributed by atoms with Gasteiger partial charge in [0, 0.05) is 0 Å². The molecule has 1 aliphatic heterocycles. The van der Waals surface area contributed by atoms with Crippen LogP contribution in [-0.2, 0) is 0 Å². The van der Waals surface area contributed by atoms with Crippen LogP contribution >= 0.6 is 0 Å². The smallest absolute Gasteiger partial charge is 0.266 e. The molecule has 0 saturated carbocycles. The number of ketones is 1. The predicted molar refractivity (Wildman–Crippen MR) is 88.3 cm³/mol. The SMILES string of the molecule is O=C1c2ccccc2-n2c1nc1cc3ccccc3cc1c2=O. The van der Waals surface area contributed by atoms with Crippen LogP contribution in [-0.4, -0.2) is 15.3 Å². The third-order valence-electron chi connectivity index (χ3n) is 4.33. The summed E-state index contributed by atoms with van der Waals surface area (Å²) in [5.74, 6) is -0.00765. The van der Waals surface area contributed by atoms with Crippen LogP contribution in [0.15, 0.2) is 65.5 Å². The number of fused-ring (bicyclic) bond motifs is 5. The molecule has 1 aliphatic rings. The highest BCUT2D eigenvalue weighted by molar-refractivity contribution is 6.13. The summed E-state index contributed by atoms with van der Waals surface area (Å²) in [6, 6.07) is 18.6. The summed E-state index contributed by atoms with van der Waals surface area (Å²) in [7, 11) is 0. The van der Waals surface area contributed by atoms with Crippen LogP contribution in [0.3, 0.4) is 0 Å². The Bertz CT molecular complexity index is 1210. The predicted octanol–water partition coefficient (Wildman–Crippen LogP) is 3.08. The fraction of sp³-hybridized carbons (Fsp3) is 0. The van der Waals surface area contributed by atoms with Crippen molar-refractivity contribution < 1.29 is 4.79 Å². The number of nitrogens with zero attached hydrogens (tertiary/aromatic N) is 2. The van der Waals surface area contributed by atoms with Crippen LogP contribution in [0.1, 0.15) is 16.2 Å². The molecule has 0 aliphatic carbocycles. The van der Waals surface area contributed by atoms with Crippen LogP contribution in [0.25, 0.3) is 27.4 Å². The molecule has 0 unspecified atom stereocenters. The van der Waals surface area contributed by atoms with Crippen LogP contribution in [0, 0.1) is 0 Å². The summed E-state index contributed by atoms with van der Waals surface area (Å²) in [5, 5.41) is 2.51. The van der Waals surface area contributed by atoms with Gasteiger partial charge in [-0.05, 0) is 35.0 Å². The highest BCUT2D eigenvalue weighted by Gasteiger charge is 2.29. The van der Waals surface area contributed by atoms with Gasteiger partial charge in [0.25, 0.3) is 5.56 Å². The number of aromatic nitrogens is 2. The fourth-order valence-electron chi connectivity index (χ4n) is 3.23. The molecule has 0 spiro atoms. The summed E-state index contributed by atoms with van der Waals surface area (Å²) in [5.41, 5.74) is 1.49. The molecule has 4 heteroatoms. The molecule has 0 atom stereocenters. The number of rotatable bonds is 0. The standard InChI is InChI=1S/C19H10N2O2/c22-17-13-7-3-4-8-16(13)21-18(17)20-15-10-12-6-2-1-5-11(12)9-14(15)19(21)23/h1-10H. The molecule has 4 nitrogen and oxygen atoms in total. The molecule has 0 bridgehead atoms. The van der Waals surface area contributed by atoms with E-state index in [9.17, 15) is 9.59 Å². The number of benzene rings is 3. The van der Waals surface area contributed by atoms with E-state index in [1.807, 2.05) is 42.5 Å². The molecule has 23 heavy (non-hydrogen) atoms. The van der Waals surface area contributed by atoms with Crippen molar-refractivity contribution in [3.8, 4) is 5.69 Å². The summed E-state index contributed by atoms with van der Waals surface area (Å²) in [4.78, 5) is 29.9. The Morgan fingerprint density at radius 2 is 1.52 bits per heavy atom. The Morgan fingerprint density at radius 3 is 2.35 bits per heavy atom. The zero-order valence-corrected chi connectivity index (χ0v) is 12.0. The Morgan fingerprint density at radius 1 is 0.826 bits per heavy atom. The minimum absolute atomic E-state index is 0.194. The molecule has 108 valence electrons. The van der Waals surface area contributed by atoms with Crippen molar-refractivity contribution in [2.45, 2.75) is 0 Å². The van der Waals surface area contributed by atoms with Crippen LogP contribution in [0.4, 0.5) is 0 Å². The largest absolute Gasteiger partial charge is 0.285 e. The van der Waals surface area contributed by atoms with Crippen molar-refractivity contribution in [3.05, 3.63) is 82.4 Å². The van der Waals surface area contributed by atoms with E-state index < -0.39 is 0 Å². The number of hydrogen-bond donors (Lipinski definition) is 0. The minimum Gasteiger partial charge on any atom is -0.285 e. The first kappa shape index (κ1) is 12.3. The van der Waals surface area contributed by atoms with Gasteiger partial charge in [-0.1, -0.05) is 36.4 Å². The second kappa shape index (κ2) is 4.14. The first-order valence-corrected chi connectivity index (χ1v) is 7.34. The number of carbonyl (C=O) groups excluding carboxylic acids is 1. The number of hydrogen-bond acceptors (Lipinski definition) is 3. The summed E-state index contributed by atoms with van der Waals surface area (Å²) in [6.07, 6.45) is 0. The summed E-state index contributed by atoms with van der Waals surface area (Å²) >= 11 is 0. The Labute approximate surface area is 130 Å². The van der Waals surface area contributed by atoms with Crippen molar-refractivity contribution in [1.82, 2.24) is 9.55 Å². The normalized spacial score (nSPS) is 12.6. The van der Waals surface area contributed by atoms with Crippen molar-refractivity contribution in [2.75, 3.05) is 0 Å². The van der Waals surface area contributed by atoms with Gasteiger partial charge in [0.1, 0.15) is 0 Å². The van der Waals surface area contributed by atoms with E-state index in [4.69, 9.17) is 0 Å². The van der Waals surface area contributed by atoms with E-state index in [1.165, 1.54) is 4.57 Å². The average Bonchev–Trinajstić information content (AvgIpc) is 2.87. The van der Waals surface area contributed by atoms with Gasteiger partial charge in [0.2, 0.25) is 5.78 Å². The molecule has 4 aromatic rings. The molecule has 0 amide bonds. The van der Waals surface area contributed by atoms with Crippen LogP contribution < -0.4 is 5.56 Å². The molecule has 0 radical (unpaired) electrons. The molecule has 3 aromatic carbocycles. The van der Waals surface area contributed by atoms with Gasteiger partial charge >= 0.3 is 0 Å². The Hall–Kier alpha value is -3.27. The van der Waals surface area contributed by atoms with E-state index >= 15 is 0 Å². The zero-order chi connectivity index (χ0) is 15.6. The lowest BCUT2D eigenvalue weighted by Gasteiger charge is -2.06. The van der Waals surface area contributed by atoms with Gasteiger partial charge in [-0.2, -0.15) is 0 Å². The van der Waals surface area contributed by atoms with Gasteiger partial charge in [0.05, 0.1) is 22.2 Å². The lowest BCUT2D eigenvalue weighted by molar-refractivity contribution is 0.103. The summed E-state index contributed by atoms with van der Waals surface area (Å²) in [6.45, 7) is 0. The van der Waals surface area contributed by atoms with Gasteiger partial charge in [0.15, 0.2) is 5.82 Å². The Balaban J connectivity index is 1.98. The minimum atomic E-state index is -0.201. The van der Waals surface area contributed by atoms with E-state index in [2.05, 4.69) is 4.98 Å². The molecule has 0 saturated heterocycles. The first-order chi connectivity index (χ1) is 11.2. The van der Waals surface area contributed by atoms with Gasteiger partial charge in [-0.3, -0.25) is 14.2 Å². The van der Waals surface area contributed by atoms with Crippen molar-refractivity contribution in [3.63, 3.8) is 0 Å². The third-order valence-corrected chi connectivity index (χ3v) is 4.33. The topological polar surface area (TPSA) is 52.0 Å². The monoisotopic (exact) mass is 298 g/mol. The molecule has 0 N–H and O–H groups in total. The Kier molecular flexibility index (Phi) is 2.21. The quantitative estimate of drug-likeness (QED) is 0.413. The van der Waals surface area contributed by atoms with Crippen molar-refractivity contribution >= 4 is 27.5 Å². The lowest BCUT2D eigenvalue weighted by atomic mass is 10.1. The third kappa shape index (κ3) is 1.52. The van der Waals surface area contributed by atoms with E-state index in [0.717, 1.165) is 10.8 Å². The van der Waals surface area contributed by atoms with E-state index in [1.54, 1.807) is 18.2 Å². The van der Waals surface area contributed by atoms with Gasteiger partial charge < -0.3 is 0 Å². The summed E-state index contributed by atoms with van der Waals surface area (Å²) < 4.78 is 1.43. The number of carbonyl (C=O) groups is 1. The van der Waals surface area contributed by atoms with Crippen molar-refractivity contribution in [2.24, 2.45) is 0 Å². The van der Waals surface area contributed by atoms with Crippen molar-refractivity contribution in [1.29, 1.82) is 0 Å². The van der Waals surface area contributed by atoms with E-state index in [-0.39, 0.29) is 17.2 Å². The maximum absolute atomic E-state index is 12.9. The zero-order valence-electron chi connectivity index (χ0n) is 12.0. The average molecular weight is 298 g/mol. The molecule has 1 aromatic heterocycles. The van der Waals surface area contributed by atoms with Crippen LogP contribution in [0.5, 0.6) is 0 Å². The maximum atomic E-state index is 12.9. The lowest BCUT2D eigenvalue weighted by Crippen LogP contribution is -2.21. The molecular weight excluding hydrogens is 288 g/mol. The molecule has 5 rings (SSSR count). The molecule has 2 heterocycles. The highest BCUT2D eigenvalue weighted by atomic mass is 16.1. The second-order valence-electron chi connectivity index (χ2n) is 5.64. The maximum Gasteiger partial charge on any atom is 0.266 e.